The molecule has 0 saturated heterocycles. The number of carbonyl (C=O) groups excluding carboxylic acids is 2. The number of nitrogens with zero attached hydrogens (tertiary/aromatic N) is 1. The van der Waals surface area contributed by atoms with Gasteiger partial charge in [0, 0.05) is 19.6 Å². The Labute approximate surface area is 222 Å². The van der Waals surface area contributed by atoms with Crippen LogP contribution in [0.4, 0.5) is 9.80 Å². The van der Waals surface area contributed by atoms with E-state index in [1.165, 1.54) is 19.3 Å². The molecule has 0 bridgehead atoms. The summed E-state index contributed by atoms with van der Waals surface area (Å²) in [6.07, 6.45) is 15.3. The molecule has 1 aromatic rings. The van der Waals surface area contributed by atoms with E-state index in [0.717, 1.165) is 82.0 Å². The predicted octanol–water partition coefficient (Wildman–Crippen LogP) is 7.84. The summed E-state index contributed by atoms with van der Waals surface area (Å²) in [5.41, 5.74) is 0.436. The van der Waals surface area contributed by atoms with Crippen molar-refractivity contribution < 1.29 is 19.5 Å². The summed E-state index contributed by atoms with van der Waals surface area (Å²) in [6, 6.07) is -0.428. The van der Waals surface area contributed by atoms with Gasteiger partial charge in [-0.2, -0.15) is 0 Å². The van der Waals surface area contributed by atoms with Gasteiger partial charge in [0.25, 0.3) is 5.91 Å². The zero-order valence-corrected chi connectivity index (χ0v) is 23.9. The summed E-state index contributed by atoms with van der Waals surface area (Å²) in [6.45, 7) is 10.1. The first-order valence-corrected chi connectivity index (χ1v) is 14.9. The normalized spacial score (nSPS) is 10.9. The molecule has 36 heavy (non-hydrogen) atoms. The largest absolute Gasteiger partial charge is 0.478 e. The number of urea groups is 1. The van der Waals surface area contributed by atoms with Gasteiger partial charge in [0.1, 0.15) is 5.00 Å². The molecular weight excluding hydrogens is 474 g/mol. The second-order valence-electron chi connectivity index (χ2n) is 9.63. The van der Waals surface area contributed by atoms with E-state index in [9.17, 15) is 19.5 Å². The van der Waals surface area contributed by atoms with Crippen LogP contribution in [-0.4, -0.2) is 47.5 Å². The van der Waals surface area contributed by atoms with Gasteiger partial charge in [0.15, 0.2) is 0 Å². The Morgan fingerprint density at radius 2 is 1.28 bits per heavy atom. The van der Waals surface area contributed by atoms with Crippen LogP contribution in [-0.2, 0) is 0 Å². The van der Waals surface area contributed by atoms with Crippen LogP contribution in [0.15, 0.2) is 0 Å². The fourth-order valence-corrected chi connectivity index (χ4v) is 5.40. The topological polar surface area (TPSA) is 98.7 Å². The first kappa shape index (κ1) is 31.9. The smallest absolute Gasteiger partial charge is 0.339 e. The molecule has 206 valence electrons. The highest BCUT2D eigenvalue weighted by Crippen LogP contribution is 2.34. The van der Waals surface area contributed by atoms with Crippen molar-refractivity contribution in [2.75, 3.05) is 25.0 Å². The number of thiophene rings is 1. The van der Waals surface area contributed by atoms with E-state index < -0.39 is 12.0 Å². The van der Waals surface area contributed by atoms with E-state index in [1.54, 1.807) is 6.92 Å². The number of carboxylic acids is 1. The van der Waals surface area contributed by atoms with Gasteiger partial charge in [-0.1, -0.05) is 91.4 Å². The lowest BCUT2D eigenvalue weighted by atomic mass is 10.1. The summed E-state index contributed by atoms with van der Waals surface area (Å²) in [4.78, 5) is 40.2. The summed E-state index contributed by atoms with van der Waals surface area (Å²) in [7, 11) is 0. The minimum absolute atomic E-state index is 0.00924. The highest BCUT2D eigenvalue weighted by atomic mass is 32.1. The number of carboxylic acid groups (broad SMARTS) is 1. The summed E-state index contributed by atoms with van der Waals surface area (Å²) >= 11 is 1.08. The zero-order valence-electron chi connectivity index (χ0n) is 23.0. The summed E-state index contributed by atoms with van der Waals surface area (Å²) in [5.74, 6) is -1.26. The van der Waals surface area contributed by atoms with E-state index >= 15 is 0 Å². The maximum Gasteiger partial charge on any atom is 0.339 e. The van der Waals surface area contributed by atoms with Gasteiger partial charge in [-0.3, -0.25) is 10.1 Å². The number of unbranched alkanes of at least 4 members (excludes halogenated alkanes) is 11. The average Bonchev–Trinajstić information content (AvgIpc) is 3.17. The van der Waals surface area contributed by atoms with Crippen molar-refractivity contribution >= 4 is 34.2 Å². The maximum atomic E-state index is 13.5. The van der Waals surface area contributed by atoms with Crippen molar-refractivity contribution in [2.24, 2.45) is 0 Å². The van der Waals surface area contributed by atoms with Crippen molar-refractivity contribution in [1.29, 1.82) is 0 Å². The highest BCUT2D eigenvalue weighted by molar-refractivity contribution is 7.18. The lowest BCUT2D eigenvalue weighted by molar-refractivity contribution is 0.0697. The number of carbonyl (C=O) groups is 3. The third-order valence-corrected chi connectivity index (χ3v) is 7.64. The van der Waals surface area contributed by atoms with Crippen molar-refractivity contribution in [3.05, 3.63) is 16.0 Å². The van der Waals surface area contributed by atoms with E-state index in [0.29, 0.717) is 30.1 Å². The molecule has 0 radical (unpaired) electrons. The van der Waals surface area contributed by atoms with Crippen LogP contribution in [0.25, 0.3) is 0 Å². The van der Waals surface area contributed by atoms with Gasteiger partial charge in [-0.25, -0.2) is 9.59 Å². The van der Waals surface area contributed by atoms with E-state index in [4.69, 9.17) is 0 Å². The molecule has 0 atom stereocenters. The fourth-order valence-electron chi connectivity index (χ4n) is 4.23. The fraction of sp³-hybridized carbons (Fsp3) is 0.750. The third kappa shape index (κ3) is 11.8. The van der Waals surface area contributed by atoms with Crippen LogP contribution in [0, 0.1) is 6.92 Å². The van der Waals surface area contributed by atoms with Gasteiger partial charge in [-0.15, -0.1) is 11.3 Å². The molecule has 1 rings (SSSR count). The lowest BCUT2D eigenvalue weighted by Gasteiger charge is -2.22. The molecule has 0 aliphatic rings. The van der Waals surface area contributed by atoms with Crippen LogP contribution in [0.3, 0.4) is 0 Å². The molecule has 0 aliphatic carbocycles. The van der Waals surface area contributed by atoms with E-state index in [2.05, 4.69) is 31.4 Å². The Morgan fingerprint density at radius 1 is 0.778 bits per heavy atom. The Bertz CT molecular complexity index is 782. The average molecular weight is 524 g/mol. The molecule has 0 fully saturated rings. The van der Waals surface area contributed by atoms with E-state index in [-0.39, 0.29) is 16.5 Å². The number of nitrogens with one attached hydrogen (secondary N) is 2. The van der Waals surface area contributed by atoms with Gasteiger partial charge in [0.05, 0.1) is 10.4 Å². The van der Waals surface area contributed by atoms with Crippen LogP contribution < -0.4 is 10.6 Å². The molecule has 0 aromatic carbocycles. The second-order valence-corrected chi connectivity index (χ2v) is 10.6. The third-order valence-electron chi connectivity index (χ3n) is 6.45. The maximum absolute atomic E-state index is 13.5. The van der Waals surface area contributed by atoms with Gasteiger partial charge in [-0.05, 0) is 31.7 Å². The molecule has 3 N–H and O–H groups in total. The predicted molar refractivity (Wildman–Crippen MR) is 151 cm³/mol. The Kier molecular flexibility index (Phi) is 16.9. The molecule has 0 saturated carbocycles. The molecule has 0 spiro atoms. The van der Waals surface area contributed by atoms with Crippen molar-refractivity contribution in [1.82, 2.24) is 10.2 Å². The highest BCUT2D eigenvalue weighted by Gasteiger charge is 2.27. The molecule has 1 heterocycles. The number of hydrogen-bond donors (Lipinski definition) is 3. The zero-order chi connectivity index (χ0) is 26.8. The number of rotatable bonds is 20. The number of anilines is 1. The Hall–Kier alpha value is -2.09. The van der Waals surface area contributed by atoms with Crippen LogP contribution in [0.5, 0.6) is 0 Å². The monoisotopic (exact) mass is 523 g/mol. The molecule has 8 heteroatoms. The van der Waals surface area contributed by atoms with Gasteiger partial charge >= 0.3 is 12.0 Å². The first-order valence-electron chi connectivity index (χ1n) is 14.1. The van der Waals surface area contributed by atoms with Gasteiger partial charge in [0.2, 0.25) is 0 Å². The van der Waals surface area contributed by atoms with Crippen molar-refractivity contribution in [2.45, 2.75) is 118 Å². The quantitative estimate of drug-likeness (QED) is 0.152. The summed E-state index contributed by atoms with van der Waals surface area (Å²) < 4.78 is 0. The number of aromatic carboxylic acids is 1. The van der Waals surface area contributed by atoms with Crippen molar-refractivity contribution in [3.63, 3.8) is 0 Å². The Balaban J connectivity index is 2.86. The lowest BCUT2D eigenvalue weighted by Crippen LogP contribution is -2.33. The minimum atomic E-state index is -1.13. The molecule has 0 aliphatic heterocycles. The van der Waals surface area contributed by atoms with Crippen LogP contribution in [0.1, 0.15) is 136 Å². The molecule has 7 nitrogen and oxygen atoms in total. The molecular formula is C28H49N3O4S. The molecule has 0 unspecified atom stereocenters. The standard InChI is InChI=1S/C28H49N3O4S/c1-5-8-11-14-15-16-19-29-28(35)30-25-23(27(33)34)22(4)24(36-25)26(32)31(20-17-12-9-6-2)21-18-13-10-7-3/h5-21H2,1-4H3,(H,33,34)(H2,29,30,35). The SMILES string of the molecule is CCCCCCCCNC(=O)Nc1sc(C(=O)N(CCCCCC)CCCCCC)c(C)c1C(=O)O. The minimum Gasteiger partial charge on any atom is -0.478 e. The van der Waals surface area contributed by atoms with Crippen LogP contribution >= 0.6 is 11.3 Å². The van der Waals surface area contributed by atoms with E-state index in [1.807, 2.05) is 4.90 Å². The van der Waals surface area contributed by atoms with Gasteiger partial charge < -0.3 is 15.3 Å². The molecule has 1 aromatic heterocycles. The van der Waals surface area contributed by atoms with Crippen LogP contribution in [0.2, 0.25) is 0 Å². The molecule has 3 amide bonds. The number of hydrogen-bond acceptors (Lipinski definition) is 4. The Morgan fingerprint density at radius 3 is 1.81 bits per heavy atom. The summed E-state index contributed by atoms with van der Waals surface area (Å²) in [5, 5.41) is 15.6. The number of amides is 3. The first-order chi connectivity index (χ1) is 17.4. The van der Waals surface area contributed by atoms with Crippen molar-refractivity contribution in [3.8, 4) is 0 Å². The second kappa shape index (κ2) is 19.1.